The minimum absolute atomic E-state index is 0.0999. The number of pyridine rings is 1. The third kappa shape index (κ3) is 4.62. The fourth-order valence-corrected chi connectivity index (χ4v) is 3.68. The van der Waals surface area contributed by atoms with Crippen molar-refractivity contribution in [2.75, 3.05) is 16.9 Å². The molecule has 152 valence electrons. The van der Waals surface area contributed by atoms with Gasteiger partial charge in [0.05, 0.1) is 21.8 Å². The van der Waals surface area contributed by atoms with Gasteiger partial charge in [-0.2, -0.15) is 5.10 Å². The summed E-state index contributed by atoms with van der Waals surface area (Å²) in [4.78, 5) is 16.9. The van der Waals surface area contributed by atoms with Gasteiger partial charge < -0.3 is 10.6 Å². The molecule has 2 aromatic heterocycles. The molecule has 0 fully saturated rings. The molecule has 0 bridgehead atoms. The molecule has 29 heavy (non-hydrogen) atoms. The number of ketones is 1. The molecule has 0 atom stereocenters. The largest absolute Gasteiger partial charge is 0.354 e. The van der Waals surface area contributed by atoms with Gasteiger partial charge in [0, 0.05) is 43.7 Å². The van der Waals surface area contributed by atoms with Crippen molar-refractivity contribution in [2.45, 2.75) is 25.2 Å². The van der Waals surface area contributed by atoms with Gasteiger partial charge in [-0.15, -0.1) is 0 Å². The number of hydrogen-bond acceptors (Lipinski definition) is 7. The monoisotopic (exact) mass is 413 g/mol. The Hall–Kier alpha value is -3.20. The van der Waals surface area contributed by atoms with Crippen LogP contribution >= 0.6 is 0 Å². The maximum atomic E-state index is 12.4. The number of para-hydroxylation sites is 1. The lowest BCUT2D eigenvalue weighted by atomic mass is 10.1. The highest BCUT2D eigenvalue weighted by Gasteiger charge is 2.17. The Kier molecular flexibility index (Phi) is 5.69. The predicted octanol–water partition coefficient (Wildman–Crippen LogP) is 3.61. The number of aryl methyl sites for hydroxylation is 2. The van der Waals surface area contributed by atoms with Gasteiger partial charge in [0.15, 0.2) is 21.4 Å². The first-order valence-corrected chi connectivity index (χ1v) is 10.9. The Labute approximate surface area is 169 Å². The second kappa shape index (κ2) is 8.04. The predicted molar refractivity (Wildman–Crippen MR) is 113 cm³/mol. The SMILES string of the molecule is CCC(=O)c1cnc(Nc2cc(C)n(C)n2)cc1Nc1ccccc1S(C)(=O)=O. The molecular weight excluding hydrogens is 390 g/mol. The number of nitrogens with zero attached hydrogens (tertiary/aromatic N) is 3. The van der Waals surface area contributed by atoms with Crippen molar-refractivity contribution in [2.24, 2.45) is 7.05 Å². The molecule has 1 aromatic carbocycles. The van der Waals surface area contributed by atoms with Gasteiger partial charge in [-0.3, -0.25) is 9.48 Å². The maximum absolute atomic E-state index is 12.4. The van der Waals surface area contributed by atoms with Crippen LogP contribution < -0.4 is 10.6 Å². The van der Waals surface area contributed by atoms with Crippen LogP contribution in [0.25, 0.3) is 0 Å². The summed E-state index contributed by atoms with van der Waals surface area (Å²) < 4.78 is 26.0. The topological polar surface area (TPSA) is 106 Å². The number of benzene rings is 1. The summed E-state index contributed by atoms with van der Waals surface area (Å²) in [5.74, 6) is 1.00. The van der Waals surface area contributed by atoms with Gasteiger partial charge in [0.25, 0.3) is 0 Å². The molecule has 0 amide bonds. The number of aromatic nitrogens is 3. The molecule has 3 rings (SSSR count). The van der Waals surface area contributed by atoms with Crippen LogP contribution in [0.2, 0.25) is 0 Å². The molecule has 2 N–H and O–H groups in total. The molecule has 0 radical (unpaired) electrons. The van der Waals surface area contributed by atoms with Crippen LogP contribution in [0.5, 0.6) is 0 Å². The average molecular weight is 414 g/mol. The summed E-state index contributed by atoms with van der Waals surface area (Å²) in [5, 5.41) is 10.5. The second-order valence-electron chi connectivity index (χ2n) is 6.70. The number of rotatable bonds is 7. The van der Waals surface area contributed by atoms with E-state index in [0.717, 1.165) is 11.9 Å². The number of carbonyl (C=O) groups excluding carboxylic acids is 1. The lowest BCUT2D eigenvalue weighted by Crippen LogP contribution is -2.08. The average Bonchev–Trinajstić information content (AvgIpc) is 2.98. The van der Waals surface area contributed by atoms with E-state index in [4.69, 9.17) is 0 Å². The van der Waals surface area contributed by atoms with Crippen LogP contribution in [0.1, 0.15) is 29.4 Å². The molecule has 0 spiro atoms. The van der Waals surface area contributed by atoms with Gasteiger partial charge in [-0.05, 0) is 19.1 Å². The zero-order valence-electron chi connectivity index (χ0n) is 16.7. The smallest absolute Gasteiger partial charge is 0.177 e. The van der Waals surface area contributed by atoms with E-state index in [1.165, 1.54) is 12.3 Å². The highest BCUT2D eigenvalue weighted by Crippen LogP contribution is 2.29. The van der Waals surface area contributed by atoms with Gasteiger partial charge in [-0.1, -0.05) is 19.1 Å². The summed E-state index contributed by atoms with van der Waals surface area (Å²) in [5.41, 5.74) is 2.23. The Morgan fingerprint density at radius 3 is 2.45 bits per heavy atom. The van der Waals surface area contributed by atoms with Crippen molar-refractivity contribution < 1.29 is 13.2 Å². The zero-order valence-corrected chi connectivity index (χ0v) is 17.5. The quantitative estimate of drug-likeness (QED) is 0.570. The van der Waals surface area contributed by atoms with E-state index in [1.54, 1.807) is 35.9 Å². The Morgan fingerprint density at radius 1 is 1.10 bits per heavy atom. The first-order chi connectivity index (χ1) is 13.7. The molecule has 0 aliphatic heterocycles. The van der Waals surface area contributed by atoms with E-state index < -0.39 is 9.84 Å². The number of nitrogens with one attached hydrogen (secondary N) is 2. The third-order valence-corrected chi connectivity index (χ3v) is 5.61. The molecule has 0 aliphatic rings. The third-order valence-electron chi connectivity index (χ3n) is 4.45. The maximum Gasteiger partial charge on any atom is 0.177 e. The summed E-state index contributed by atoms with van der Waals surface area (Å²) >= 11 is 0. The number of sulfone groups is 1. The number of hydrogen-bond donors (Lipinski definition) is 2. The number of anilines is 4. The standard InChI is InChI=1S/C20H23N5O3S/c1-5-17(26)14-12-21-19(23-20-10-13(2)25(3)24-20)11-16(14)22-15-8-6-7-9-18(15)29(4,27)28/h6-12H,5H2,1-4H3,(H2,21,22,23,24). The van der Waals surface area contributed by atoms with E-state index in [2.05, 4.69) is 20.7 Å². The lowest BCUT2D eigenvalue weighted by molar-refractivity contribution is 0.0988. The lowest BCUT2D eigenvalue weighted by Gasteiger charge is -2.15. The van der Waals surface area contributed by atoms with Crippen molar-refractivity contribution >= 4 is 38.6 Å². The Balaban J connectivity index is 2.03. The highest BCUT2D eigenvalue weighted by molar-refractivity contribution is 7.90. The Bertz CT molecular complexity index is 1150. The zero-order chi connectivity index (χ0) is 21.2. The normalized spacial score (nSPS) is 11.3. The van der Waals surface area contributed by atoms with E-state index in [0.29, 0.717) is 35.0 Å². The van der Waals surface area contributed by atoms with Crippen LogP contribution in [-0.2, 0) is 16.9 Å². The fraction of sp³-hybridized carbons (Fsp3) is 0.250. The minimum atomic E-state index is -3.44. The van der Waals surface area contributed by atoms with Crippen molar-refractivity contribution in [1.29, 1.82) is 0 Å². The summed E-state index contributed by atoms with van der Waals surface area (Å²) in [6, 6.07) is 10.1. The van der Waals surface area contributed by atoms with Crippen LogP contribution in [0.3, 0.4) is 0 Å². The van der Waals surface area contributed by atoms with Crippen LogP contribution in [0.4, 0.5) is 23.0 Å². The minimum Gasteiger partial charge on any atom is -0.354 e. The van der Waals surface area contributed by atoms with E-state index in [1.807, 2.05) is 20.0 Å². The molecular formula is C20H23N5O3S. The van der Waals surface area contributed by atoms with Gasteiger partial charge in [-0.25, -0.2) is 13.4 Å². The van der Waals surface area contributed by atoms with Gasteiger partial charge in [0.2, 0.25) is 0 Å². The molecule has 0 saturated heterocycles. The summed E-state index contributed by atoms with van der Waals surface area (Å²) in [6.07, 6.45) is 2.93. The Morgan fingerprint density at radius 2 is 1.83 bits per heavy atom. The molecule has 8 nitrogen and oxygen atoms in total. The molecule has 9 heteroatoms. The summed E-state index contributed by atoms with van der Waals surface area (Å²) in [7, 11) is -1.61. The highest BCUT2D eigenvalue weighted by atomic mass is 32.2. The summed E-state index contributed by atoms with van der Waals surface area (Å²) in [6.45, 7) is 3.70. The molecule has 0 aliphatic carbocycles. The van der Waals surface area contributed by atoms with Crippen molar-refractivity contribution in [3.05, 3.63) is 53.9 Å². The molecule has 0 saturated carbocycles. The molecule has 0 unspecified atom stereocenters. The van der Waals surface area contributed by atoms with Gasteiger partial charge >= 0.3 is 0 Å². The first-order valence-electron chi connectivity index (χ1n) is 9.06. The van der Waals surface area contributed by atoms with Crippen molar-refractivity contribution in [3.63, 3.8) is 0 Å². The fourth-order valence-electron chi connectivity index (χ4n) is 2.83. The van der Waals surface area contributed by atoms with Crippen molar-refractivity contribution in [3.8, 4) is 0 Å². The van der Waals surface area contributed by atoms with E-state index >= 15 is 0 Å². The van der Waals surface area contributed by atoms with Crippen LogP contribution in [0.15, 0.2) is 47.5 Å². The van der Waals surface area contributed by atoms with E-state index in [-0.39, 0.29) is 10.7 Å². The number of Topliss-reactive ketones (excluding diaryl/α,β-unsaturated/α-hetero) is 1. The second-order valence-corrected chi connectivity index (χ2v) is 8.69. The first kappa shape index (κ1) is 20.5. The molecule has 2 heterocycles. The van der Waals surface area contributed by atoms with Crippen LogP contribution in [-0.4, -0.2) is 35.2 Å². The van der Waals surface area contributed by atoms with Crippen LogP contribution in [0, 0.1) is 6.92 Å². The van der Waals surface area contributed by atoms with Crippen molar-refractivity contribution in [1.82, 2.24) is 14.8 Å². The van der Waals surface area contributed by atoms with E-state index in [9.17, 15) is 13.2 Å². The molecule has 3 aromatic rings. The van der Waals surface area contributed by atoms with Gasteiger partial charge in [0.1, 0.15) is 5.82 Å². The number of carbonyl (C=O) groups is 1.